The lowest BCUT2D eigenvalue weighted by Crippen LogP contribution is -2.45. The molecular weight excluding hydrogens is 198 g/mol. The lowest BCUT2D eigenvalue weighted by atomic mass is 9.83. The maximum absolute atomic E-state index is 4.25. The van der Waals surface area contributed by atoms with Crippen molar-refractivity contribution in [2.45, 2.75) is 58.9 Å². The maximum atomic E-state index is 4.25. The zero-order chi connectivity index (χ0) is 12.0. The third-order valence-corrected chi connectivity index (χ3v) is 3.69. The van der Waals surface area contributed by atoms with Crippen molar-refractivity contribution in [1.82, 2.24) is 10.6 Å². The number of guanidine groups is 1. The quantitative estimate of drug-likeness (QED) is 0.570. The molecule has 3 heteroatoms. The molecule has 0 aromatic rings. The van der Waals surface area contributed by atoms with Gasteiger partial charge < -0.3 is 10.6 Å². The monoisotopic (exact) mass is 225 g/mol. The average molecular weight is 225 g/mol. The van der Waals surface area contributed by atoms with Gasteiger partial charge in [0.15, 0.2) is 5.96 Å². The first-order chi connectivity index (χ1) is 7.62. The van der Waals surface area contributed by atoms with Crippen molar-refractivity contribution in [3.8, 4) is 0 Å². The maximum Gasteiger partial charge on any atom is 0.191 e. The molecule has 2 N–H and O–H groups in total. The Morgan fingerprint density at radius 2 is 1.94 bits per heavy atom. The van der Waals surface area contributed by atoms with Crippen molar-refractivity contribution in [3.63, 3.8) is 0 Å². The summed E-state index contributed by atoms with van der Waals surface area (Å²) in [5.74, 6) is 0.940. The molecule has 1 saturated carbocycles. The van der Waals surface area contributed by atoms with Gasteiger partial charge in [0.1, 0.15) is 0 Å². The summed E-state index contributed by atoms with van der Waals surface area (Å²) in [5, 5.41) is 6.81. The van der Waals surface area contributed by atoms with Gasteiger partial charge in [0.05, 0.1) is 0 Å². The molecule has 0 unspecified atom stereocenters. The minimum absolute atomic E-state index is 0.437. The van der Waals surface area contributed by atoms with E-state index in [4.69, 9.17) is 0 Å². The molecule has 0 atom stereocenters. The second-order valence-electron chi connectivity index (χ2n) is 5.29. The van der Waals surface area contributed by atoms with Gasteiger partial charge in [-0.25, -0.2) is 0 Å². The molecule has 1 fully saturated rings. The van der Waals surface area contributed by atoms with Crippen LogP contribution in [0.1, 0.15) is 52.9 Å². The van der Waals surface area contributed by atoms with E-state index in [1.165, 1.54) is 32.1 Å². The summed E-state index contributed by atoms with van der Waals surface area (Å²) >= 11 is 0. The molecule has 0 aromatic carbocycles. The summed E-state index contributed by atoms with van der Waals surface area (Å²) in [5.41, 5.74) is 0.522. The van der Waals surface area contributed by atoms with Crippen molar-refractivity contribution in [1.29, 1.82) is 0 Å². The van der Waals surface area contributed by atoms with Gasteiger partial charge in [-0.3, -0.25) is 4.99 Å². The van der Waals surface area contributed by atoms with Gasteiger partial charge in [-0.05, 0) is 38.5 Å². The van der Waals surface area contributed by atoms with E-state index >= 15 is 0 Å². The number of aliphatic imine (C=N–C) groups is 1. The molecule has 0 aromatic heterocycles. The van der Waals surface area contributed by atoms with Crippen LogP contribution in [0.2, 0.25) is 0 Å². The summed E-state index contributed by atoms with van der Waals surface area (Å²) < 4.78 is 0. The van der Waals surface area contributed by atoms with Gasteiger partial charge in [-0.2, -0.15) is 0 Å². The van der Waals surface area contributed by atoms with Crippen LogP contribution in [0.15, 0.2) is 4.99 Å². The van der Waals surface area contributed by atoms with Crippen LogP contribution in [0.25, 0.3) is 0 Å². The molecule has 0 saturated heterocycles. The van der Waals surface area contributed by atoms with Crippen molar-refractivity contribution < 1.29 is 0 Å². The first-order valence-electron chi connectivity index (χ1n) is 6.59. The molecule has 1 aliphatic carbocycles. The first kappa shape index (κ1) is 13.3. The highest BCUT2D eigenvalue weighted by Gasteiger charge is 2.31. The Morgan fingerprint density at radius 3 is 2.38 bits per heavy atom. The van der Waals surface area contributed by atoms with E-state index in [9.17, 15) is 0 Å². The number of hydrogen-bond acceptors (Lipinski definition) is 1. The minimum Gasteiger partial charge on any atom is -0.356 e. The predicted molar refractivity (Wildman–Crippen MR) is 70.8 cm³/mol. The van der Waals surface area contributed by atoms with Crippen molar-refractivity contribution in [2.24, 2.45) is 10.4 Å². The van der Waals surface area contributed by atoms with E-state index in [-0.39, 0.29) is 0 Å². The number of rotatable bonds is 4. The van der Waals surface area contributed by atoms with Gasteiger partial charge >= 0.3 is 0 Å². The Kier molecular flexibility index (Phi) is 5.10. The highest BCUT2D eigenvalue weighted by Crippen LogP contribution is 2.40. The fraction of sp³-hybridized carbons (Fsp3) is 0.923. The van der Waals surface area contributed by atoms with Crippen molar-refractivity contribution in [2.75, 3.05) is 13.6 Å². The first-order valence-corrected chi connectivity index (χ1v) is 6.59. The predicted octanol–water partition coefficient (Wildman–Crippen LogP) is 2.53. The van der Waals surface area contributed by atoms with Gasteiger partial charge in [0.25, 0.3) is 0 Å². The van der Waals surface area contributed by atoms with Crippen LogP contribution in [0.4, 0.5) is 0 Å². The molecule has 16 heavy (non-hydrogen) atoms. The van der Waals surface area contributed by atoms with Gasteiger partial charge in [0, 0.05) is 19.6 Å². The van der Waals surface area contributed by atoms with Crippen LogP contribution < -0.4 is 10.6 Å². The Morgan fingerprint density at radius 1 is 1.31 bits per heavy atom. The summed E-state index contributed by atoms with van der Waals surface area (Å²) in [4.78, 5) is 4.25. The van der Waals surface area contributed by atoms with Crippen LogP contribution in [-0.2, 0) is 0 Å². The van der Waals surface area contributed by atoms with Crippen LogP contribution >= 0.6 is 0 Å². The summed E-state index contributed by atoms with van der Waals surface area (Å²) in [6.07, 6.45) is 6.81. The molecule has 94 valence electrons. The standard InChI is InChI=1S/C13H27N3/c1-5-13(8-6-7-9-13)10-15-12(14-4)16-11(2)3/h11H,5-10H2,1-4H3,(H2,14,15,16). The van der Waals surface area contributed by atoms with Gasteiger partial charge in [0.2, 0.25) is 0 Å². The smallest absolute Gasteiger partial charge is 0.191 e. The third-order valence-electron chi connectivity index (χ3n) is 3.69. The molecule has 1 aliphatic rings. The van der Waals surface area contributed by atoms with Crippen molar-refractivity contribution in [3.05, 3.63) is 0 Å². The zero-order valence-corrected chi connectivity index (χ0v) is 11.3. The number of hydrogen-bond donors (Lipinski definition) is 2. The topological polar surface area (TPSA) is 36.4 Å². The van der Waals surface area contributed by atoms with Gasteiger partial charge in [-0.1, -0.05) is 19.8 Å². The van der Waals surface area contributed by atoms with E-state index in [0.717, 1.165) is 12.5 Å². The highest BCUT2D eigenvalue weighted by atomic mass is 15.2. The molecule has 0 spiro atoms. The Labute approximate surface area is 100 Å². The molecule has 0 amide bonds. The van der Waals surface area contributed by atoms with Crippen molar-refractivity contribution >= 4 is 5.96 Å². The molecule has 0 bridgehead atoms. The second-order valence-corrected chi connectivity index (χ2v) is 5.29. The molecule has 0 radical (unpaired) electrons. The Bertz CT molecular complexity index is 227. The van der Waals surface area contributed by atoms with Crippen LogP contribution in [0.5, 0.6) is 0 Å². The summed E-state index contributed by atoms with van der Waals surface area (Å²) in [6.45, 7) is 7.65. The molecule has 0 aliphatic heterocycles. The van der Waals surface area contributed by atoms with Crippen LogP contribution in [-0.4, -0.2) is 25.6 Å². The van der Waals surface area contributed by atoms with Crippen LogP contribution in [0.3, 0.4) is 0 Å². The lowest BCUT2D eigenvalue weighted by molar-refractivity contribution is 0.283. The number of nitrogens with one attached hydrogen (secondary N) is 2. The van der Waals surface area contributed by atoms with E-state index in [1.54, 1.807) is 0 Å². The molecular formula is C13H27N3. The Balaban J connectivity index is 2.42. The van der Waals surface area contributed by atoms with Crippen LogP contribution in [0, 0.1) is 5.41 Å². The normalized spacial score (nSPS) is 20.2. The molecule has 1 rings (SSSR count). The largest absolute Gasteiger partial charge is 0.356 e. The third kappa shape index (κ3) is 3.69. The average Bonchev–Trinajstić information content (AvgIpc) is 2.73. The SMILES string of the molecule is CCC1(CNC(=NC)NC(C)C)CCCC1. The lowest BCUT2D eigenvalue weighted by Gasteiger charge is -2.29. The summed E-state index contributed by atoms with van der Waals surface area (Å²) in [6, 6.07) is 0.437. The Hall–Kier alpha value is -0.730. The van der Waals surface area contributed by atoms with Gasteiger partial charge in [-0.15, -0.1) is 0 Å². The fourth-order valence-electron chi connectivity index (χ4n) is 2.52. The van der Waals surface area contributed by atoms with E-state index in [1.807, 2.05) is 7.05 Å². The number of nitrogens with zero attached hydrogens (tertiary/aromatic N) is 1. The zero-order valence-electron chi connectivity index (χ0n) is 11.3. The highest BCUT2D eigenvalue weighted by molar-refractivity contribution is 5.79. The van der Waals surface area contributed by atoms with E-state index in [2.05, 4.69) is 36.4 Å². The molecule has 0 heterocycles. The second kappa shape index (κ2) is 6.12. The minimum atomic E-state index is 0.437. The van der Waals surface area contributed by atoms with E-state index in [0.29, 0.717) is 11.5 Å². The summed E-state index contributed by atoms with van der Waals surface area (Å²) in [7, 11) is 1.84. The molecule has 3 nitrogen and oxygen atoms in total. The van der Waals surface area contributed by atoms with E-state index < -0.39 is 0 Å². The fourth-order valence-corrected chi connectivity index (χ4v) is 2.52.